The van der Waals surface area contributed by atoms with E-state index in [2.05, 4.69) is 53.5 Å². The molecule has 0 saturated carbocycles. The van der Waals surface area contributed by atoms with E-state index in [9.17, 15) is 0 Å². The Balaban J connectivity index is 0.000000750. The van der Waals surface area contributed by atoms with Crippen molar-refractivity contribution in [2.24, 2.45) is 0 Å². The number of fused-ring (bicyclic) bond motifs is 3. The molecule has 0 aliphatic rings. The molecule has 67 valence electrons. The van der Waals surface area contributed by atoms with Crippen LogP contribution in [0.5, 0.6) is 0 Å². The molecular weight excluding hydrogens is 367 g/mol. The molecule has 0 saturated heterocycles. The second kappa shape index (κ2) is 3.70. The Morgan fingerprint density at radius 1 is 0.643 bits per heavy atom. The third-order valence-electron chi connectivity index (χ3n) is 2.41. The van der Waals surface area contributed by atoms with Crippen LogP contribution >= 0.6 is 0 Å². The molecule has 1 nitrogen and oxygen atoms in total. The number of rotatable bonds is 0. The molecule has 0 aliphatic carbocycles. The summed E-state index contributed by atoms with van der Waals surface area (Å²) in [5, 5.41) is 2.61. The Kier molecular flexibility index (Phi) is 2.56. The van der Waals surface area contributed by atoms with E-state index in [4.69, 9.17) is 0 Å². The summed E-state index contributed by atoms with van der Waals surface area (Å²) >= 11 is 0. The summed E-state index contributed by atoms with van der Waals surface area (Å²) in [6.45, 7) is 0. The van der Waals surface area contributed by atoms with E-state index in [0.29, 0.717) is 0 Å². The van der Waals surface area contributed by atoms with Crippen molar-refractivity contribution in [3.8, 4) is 0 Å². The monoisotopic (exact) mass is 376 g/mol. The molecule has 0 bridgehead atoms. The van der Waals surface area contributed by atoms with Crippen molar-refractivity contribution in [1.82, 2.24) is 4.98 Å². The van der Waals surface area contributed by atoms with Crippen LogP contribution in [0.3, 0.4) is 0 Å². The van der Waals surface area contributed by atoms with Crippen LogP contribution in [0.25, 0.3) is 21.8 Å². The van der Waals surface area contributed by atoms with Gasteiger partial charge >= 0.3 is 0 Å². The summed E-state index contributed by atoms with van der Waals surface area (Å²) in [6, 6.07) is 16.8. The van der Waals surface area contributed by atoms with E-state index in [1.54, 1.807) is 0 Å². The molecule has 1 N–H and O–H groups in total. The van der Waals surface area contributed by atoms with Crippen LogP contribution in [0.2, 0.25) is 0 Å². The number of nitrogens with one attached hydrogen (secondary N) is 1. The van der Waals surface area contributed by atoms with Gasteiger partial charge in [-0.3, -0.25) is 0 Å². The SMILES string of the molecule is [Bi].c1ccc2c(c1)[nH]c1ccccc12. The topological polar surface area (TPSA) is 15.8 Å². The van der Waals surface area contributed by atoms with Gasteiger partial charge in [0.15, 0.2) is 0 Å². The number of aromatic nitrogens is 1. The van der Waals surface area contributed by atoms with Crippen LogP contribution in [-0.2, 0) is 0 Å². The van der Waals surface area contributed by atoms with E-state index < -0.39 is 0 Å². The van der Waals surface area contributed by atoms with Crippen LogP contribution in [0.1, 0.15) is 0 Å². The number of hydrogen-bond acceptors (Lipinski definition) is 0. The first-order chi connectivity index (χ1) is 6.45. The largest absolute Gasteiger partial charge is 0.355 e. The maximum absolute atomic E-state index is 3.38. The predicted octanol–water partition coefficient (Wildman–Crippen LogP) is 2.94. The predicted molar refractivity (Wildman–Crippen MR) is 61.6 cm³/mol. The van der Waals surface area contributed by atoms with Gasteiger partial charge in [0.1, 0.15) is 0 Å². The van der Waals surface area contributed by atoms with Crippen molar-refractivity contribution in [3.63, 3.8) is 0 Å². The summed E-state index contributed by atoms with van der Waals surface area (Å²) in [5.74, 6) is 0. The molecule has 3 rings (SSSR count). The number of hydrogen-bond donors (Lipinski definition) is 1. The van der Waals surface area contributed by atoms with Gasteiger partial charge in [0.05, 0.1) is 0 Å². The molecule has 0 fully saturated rings. The fraction of sp³-hybridized carbons (Fsp3) is 0. The van der Waals surface area contributed by atoms with Crippen molar-refractivity contribution in [2.45, 2.75) is 0 Å². The molecule has 1 heterocycles. The van der Waals surface area contributed by atoms with Crippen molar-refractivity contribution < 1.29 is 0 Å². The quantitative estimate of drug-likeness (QED) is 0.581. The smallest absolute Gasteiger partial charge is 0.0464 e. The number of para-hydroxylation sites is 2. The van der Waals surface area contributed by atoms with Gasteiger partial charge in [-0.1, -0.05) is 36.4 Å². The number of H-pyrrole nitrogens is 1. The van der Waals surface area contributed by atoms with E-state index in [1.807, 2.05) is 0 Å². The molecule has 0 amide bonds. The summed E-state index contributed by atoms with van der Waals surface area (Å²) in [7, 11) is 0. The van der Waals surface area contributed by atoms with Crippen LogP contribution in [0.15, 0.2) is 48.5 Å². The second-order valence-electron chi connectivity index (χ2n) is 3.22. The first-order valence-electron chi connectivity index (χ1n) is 4.40. The first-order valence-corrected chi connectivity index (χ1v) is 4.40. The molecule has 0 atom stereocenters. The first kappa shape index (κ1) is 9.67. The molecule has 0 aliphatic heterocycles. The summed E-state index contributed by atoms with van der Waals surface area (Å²) in [5.41, 5.74) is 2.42. The number of aromatic amines is 1. The Morgan fingerprint density at radius 3 is 1.57 bits per heavy atom. The Labute approximate surface area is 101 Å². The minimum atomic E-state index is 0. The zero-order chi connectivity index (χ0) is 8.67. The molecule has 2 aromatic carbocycles. The molecule has 1 aromatic heterocycles. The fourth-order valence-electron chi connectivity index (χ4n) is 1.80. The summed E-state index contributed by atoms with van der Waals surface area (Å²) in [4.78, 5) is 3.38. The van der Waals surface area contributed by atoms with Gasteiger partial charge in [0.2, 0.25) is 0 Å². The molecule has 0 spiro atoms. The maximum Gasteiger partial charge on any atom is 0.0464 e. The maximum atomic E-state index is 3.38. The third-order valence-corrected chi connectivity index (χ3v) is 2.41. The Morgan fingerprint density at radius 2 is 1.07 bits per heavy atom. The second-order valence-corrected chi connectivity index (χ2v) is 3.22. The van der Waals surface area contributed by atoms with E-state index in [1.165, 1.54) is 21.8 Å². The fourth-order valence-corrected chi connectivity index (χ4v) is 1.80. The van der Waals surface area contributed by atoms with E-state index in [-0.39, 0.29) is 26.2 Å². The van der Waals surface area contributed by atoms with Gasteiger partial charge in [-0.2, -0.15) is 0 Å². The number of benzene rings is 2. The molecule has 3 radical (unpaired) electrons. The molecule has 2 heteroatoms. The van der Waals surface area contributed by atoms with Gasteiger partial charge in [-0.25, -0.2) is 0 Å². The standard InChI is InChI=1S/C12H9N.Bi/c1-3-7-11-9(5-1)10-6-2-4-8-12(10)13-11;/h1-8,13H;. The summed E-state index contributed by atoms with van der Waals surface area (Å²) < 4.78 is 0. The third kappa shape index (κ3) is 1.34. The van der Waals surface area contributed by atoms with Crippen LogP contribution in [0.4, 0.5) is 0 Å². The van der Waals surface area contributed by atoms with Crippen molar-refractivity contribution in [1.29, 1.82) is 0 Å². The molecule has 3 aromatic rings. The van der Waals surface area contributed by atoms with Crippen LogP contribution < -0.4 is 0 Å². The average molecular weight is 376 g/mol. The van der Waals surface area contributed by atoms with Gasteiger partial charge in [0, 0.05) is 48.0 Å². The van der Waals surface area contributed by atoms with Crippen LogP contribution in [-0.4, -0.2) is 31.2 Å². The van der Waals surface area contributed by atoms with Crippen molar-refractivity contribution in [2.75, 3.05) is 0 Å². The zero-order valence-electron chi connectivity index (χ0n) is 7.57. The van der Waals surface area contributed by atoms with Gasteiger partial charge in [0.25, 0.3) is 0 Å². The minimum absolute atomic E-state index is 0. The Bertz CT molecular complexity index is 518. The summed E-state index contributed by atoms with van der Waals surface area (Å²) in [6.07, 6.45) is 0. The average Bonchev–Trinajstić information content (AvgIpc) is 2.56. The Hall–Kier alpha value is -0.877. The normalized spacial score (nSPS) is 10.3. The van der Waals surface area contributed by atoms with E-state index >= 15 is 0 Å². The van der Waals surface area contributed by atoms with Crippen molar-refractivity contribution in [3.05, 3.63) is 48.5 Å². The van der Waals surface area contributed by atoms with Crippen LogP contribution in [0, 0.1) is 0 Å². The molecule has 0 unspecified atom stereocenters. The van der Waals surface area contributed by atoms with Crippen molar-refractivity contribution >= 4 is 48.0 Å². The van der Waals surface area contributed by atoms with Gasteiger partial charge in [-0.15, -0.1) is 0 Å². The minimum Gasteiger partial charge on any atom is -0.355 e. The van der Waals surface area contributed by atoms with E-state index in [0.717, 1.165) is 0 Å². The molecule has 14 heavy (non-hydrogen) atoms. The zero-order valence-corrected chi connectivity index (χ0v) is 11.0. The van der Waals surface area contributed by atoms with Gasteiger partial charge in [-0.05, 0) is 12.1 Å². The molecular formula is C12H9BiN. The van der Waals surface area contributed by atoms with Gasteiger partial charge < -0.3 is 4.98 Å².